The second kappa shape index (κ2) is 7.44. The van der Waals surface area contributed by atoms with Crippen molar-refractivity contribution in [3.05, 3.63) is 30.1 Å². The number of carbonyl (C=O) groups excluding carboxylic acids is 2. The first-order valence-electron chi connectivity index (χ1n) is 8.32. The first-order chi connectivity index (χ1) is 11.7. The zero-order valence-corrected chi connectivity index (χ0v) is 13.5. The number of hydrogen-bond donors (Lipinski definition) is 3. The van der Waals surface area contributed by atoms with E-state index in [1.807, 2.05) is 0 Å². The lowest BCUT2D eigenvalue weighted by Crippen LogP contribution is -2.50. The zero-order chi connectivity index (χ0) is 16.9. The third-order valence-electron chi connectivity index (χ3n) is 4.39. The molecule has 0 spiro atoms. The average Bonchev–Trinajstić information content (AvgIpc) is 2.90. The fraction of sp³-hybridized carbons (Fsp3) is 0.471. The minimum Gasteiger partial charge on any atom is -0.394 e. The standard InChI is InChI=1S/C17H22N4O3/c22-10-15(17(24)21-7-3-1-2-4-8-21)20-16(23)12-5-6-13-14(9-12)19-11-18-13/h5-6,9,11,15,22H,1-4,7-8,10H2,(H,18,19)(H,20,23)/t15-/m0/s1. The van der Waals surface area contributed by atoms with Gasteiger partial charge in [0.25, 0.3) is 5.91 Å². The summed E-state index contributed by atoms with van der Waals surface area (Å²) in [5.41, 5.74) is 1.95. The van der Waals surface area contributed by atoms with Crippen molar-refractivity contribution in [1.29, 1.82) is 0 Å². The van der Waals surface area contributed by atoms with E-state index in [0.717, 1.165) is 36.7 Å². The highest BCUT2D eigenvalue weighted by molar-refractivity contribution is 5.99. The molecule has 24 heavy (non-hydrogen) atoms. The molecule has 1 aromatic carbocycles. The fourth-order valence-corrected chi connectivity index (χ4v) is 3.02. The van der Waals surface area contributed by atoms with Gasteiger partial charge in [-0.1, -0.05) is 12.8 Å². The summed E-state index contributed by atoms with van der Waals surface area (Å²) >= 11 is 0. The smallest absolute Gasteiger partial charge is 0.252 e. The number of H-pyrrole nitrogens is 1. The zero-order valence-electron chi connectivity index (χ0n) is 13.5. The Bertz CT molecular complexity index is 719. The number of imidazole rings is 1. The summed E-state index contributed by atoms with van der Waals surface area (Å²) in [7, 11) is 0. The molecule has 0 unspecified atom stereocenters. The molecular formula is C17H22N4O3. The Hall–Kier alpha value is -2.41. The van der Waals surface area contributed by atoms with E-state index in [9.17, 15) is 14.7 Å². The predicted octanol–water partition coefficient (Wildman–Crippen LogP) is 1.06. The Morgan fingerprint density at radius 2 is 2.00 bits per heavy atom. The van der Waals surface area contributed by atoms with Gasteiger partial charge in [-0.3, -0.25) is 9.59 Å². The number of nitrogens with one attached hydrogen (secondary N) is 2. The van der Waals surface area contributed by atoms with Crippen LogP contribution in [0.15, 0.2) is 24.5 Å². The van der Waals surface area contributed by atoms with Crippen molar-refractivity contribution in [2.45, 2.75) is 31.7 Å². The molecule has 1 aromatic heterocycles. The number of amides is 2. The lowest BCUT2D eigenvalue weighted by atomic mass is 10.1. The van der Waals surface area contributed by atoms with Crippen molar-refractivity contribution in [3.8, 4) is 0 Å². The van der Waals surface area contributed by atoms with E-state index >= 15 is 0 Å². The largest absolute Gasteiger partial charge is 0.394 e. The highest BCUT2D eigenvalue weighted by Crippen LogP contribution is 2.13. The van der Waals surface area contributed by atoms with Gasteiger partial charge >= 0.3 is 0 Å². The van der Waals surface area contributed by atoms with Crippen molar-refractivity contribution < 1.29 is 14.7 Å². The van der Waals surface area contributed by atoms with E-state index < -0.39 is 12.6 Å². The number of aromatic nitrogens is 2. The molecule has 1 saturated heterocycles. The van der Waals surface area contributed by atoms with Gasteiger partial charge in [-0.05, 0) is 31.0 Å². The van der Waals surface area contributed by atoms with Gasteiger partial charge in [-0.25, -0.2) is 4.98 Å². The molecule has 3 N–H and O–H groups in total. The number of fused-ring (bicyclic) bond motifs is 1. The minimum absolute atomic E-state index is 0.213. The molecule has 1 atom stereocenters. The van der Waals surface area contributed by atoms with Crippen molar-refractivity contribution >= 4 is 22.8 Å². The van der Waals surface area contributed by atoms with Gasteiger partial charge in [-0.15, -0.1) is 0 Å². The molecule has 7 heteroatoms. The highest BCUT2D eigenvalue weighted by atomic mass is 16.3. The van der Waals surface area contributed by atoms with Gasteiger partial charge in [0, 0.05) is 18.7 Å². The van der Waals surface area contributed by atoms with Gasteiger partial charge in [-0.2, -0.15) is 0 Å². The van der Waals surface area contributed by atoms with Gasteiger partial charge in [0.15, 0.2) is 0 Å². The SMILES string of the molecule is O=C(N[C@@H](CO)C(=O)N1CCCCCC1)c1ccc2nc[nH]c2c1. The highest BCUT2D eigenvalue weighted by Gasteiger charge is 2.26. The summed E-state index contributed by atoms with van der Waals surface area (Å²) in [6, 6.07) is 4.17. The molecule has 2 heterocycles. The minimum atomic E-state index is -0.909. The van der Waals surface area contributed by atoms with Crippen LogP contribution in [0.25, 0.3) is 11.0 Å². The van der Waals surface area contributed by atoms with Gasteiger partial charge in [0.05, 0.1) is 24.0 Å². The van der Waals surface area contributed by atoms with Crippen LogP contribution in [0.2, 0.25) is 0 Å². The summed E-state index contributed by atoms with van der Waals surface area (Å²) in [5.74, 6) is -0.593. The number of aliphatic hydroxyl groups is 1. The summed E-state index contributed by atoms with van der Waals surface area (Å²) < 4.78 is 0. The number of hydrogen-bond acceptors (Lipinski definition) is 4. The average molecular weight is 330 g/mol. The van der Waals surface area contributed by atoms with Crippen LogP contribution in [0.1, 0.15) is 36.0 Å². The van der Waals surface area contributed by atoms with Gasteiger partial charge in [0.1, 0.15) is 6.04 Å². The quantitative estimate of drug-likeness (QED) is 0.780. The number of aliphatic hydroxyl groups excluding tert-OH is 1. The molecular weight excluding hydrogens is 308 g/mol. The van der Waals surface area contributed by atoms with E-state index in [-0.39, 0.29) is 11.8 Å². The number of nitrogens with zero attached hydrogens (tertiary/aromatic N) is 2. The topological polar surface area (TPSA) is 98.3 Å². The fourth-order valence-electron chi connectivity index (χ4n) is 3.02. The van der Waals surface area contributed by atoms with E-state index in [1.165, 1.54) is 0 Å². The number of likely N-dealkylation sites (tertiary alicyclic amines) is 1. The van der Waals surface area contributed by atoms with Gasteiger partial charge in [0.2, 0.25) is 5.91 Å². The third-order valence-corrected chi connectivity index (χ3v) is 4.39. The molecule has 1 fully saturated rings. The maximum atomic E-state index is 12.6. The molecule has 0 radical (unpaired) electrons. The van der Waals surface area contributed by atoms with Crippen molar-refractivity contribution in [2.75, 3.05) is 19.7 Å². The summed E-state index contributed by atoms with van der Waals surface area (Å²) in [6.07, 6.45) is 5.72. The molecule has 2 amide bonds. The molecule has 7 nitrogen and oxygen atoms in total. The van der Waals surface area contributed by atoms with Crippen molar-refractivity contribution in [1.82, 2.24) is 20.2 Å². The molecule has 3 rings (SSSR count). The number of benzene rings is 1. The van der Waals surface area contributed by atoms with Crippen LogP contribution in [0.5, 0.6) is 0 Å². The van der Waals surface area contributed by atoms with Crippen LogP contribution in [0.4, 0.5) is 0 Å². The van der Waals surface area contributed by atoms with Crippen LogP contribution >= 0.6 is 0 Å². The number of carbonyl (C=O) groups is 2. The molecule has 0 aliphatic carbocycles. The van der Waals surface area contributed by atoms with Crippen LogP contribution in [0, 0.1) is 0 Å². The first kappa shape index (κ1) is 16.4. The number of rotatable bonds is 4. The maximum Gasteiger partial charge on any atom is 0.252 e. The Morgan fingerprint density at radius 1 is 1.25 bits per heavy atom. The van der Waals surface area contributed by atoms with Crippen LogP contribution < -0.4 is 5.32 Å². The van der Waals surface area contributed by atoms with Crippen LogP contribution in [-0.4, -0.2) is 57.5 Å². The molecule has 2 aromatic rings. The number of aromatic amines is 1. The monoisotopic (exact) mass is 330 g/mol. The van der Waals surface area contributed by atoms with Crippen molar-refractivity contribution in [2.24, 2.45) is 0 Å². The van der Waals surface area contributed by atoms with E-state index in [2.05, 4.69) is 15.3 Å². The normalized spacial score (nSPS) is 16.6. The molecule has 128 valence electrons. The lowest BCUT2D eigenvalue weighted by Gasteiger charge is -2.25. The summed E-state index contributed by atoms with van der Waals surface area (Å²) in [4.78, 5) is 33.8. The predicted molar refractivity (Wildman–Crippen MR) is 89.5 cm³/mol. The second-order valence-electron chi connectivity index (χ2n) is 6.08. The first-order valence-corrected chi connectivity index (χ1v) is 8.32. The molecule has 1 aliphatic rings. The van der Waals surface area contributed by atoms with Crippen molar-refractivity contribution in [3.63, 3.8) is 0 Å². The van der Waals surface area contributed by atoms with E-state index in [4.69, 9.17) is 0 Å². The Labute approximate surface area is 140 Å². The summed E-state index contributed by atoms with van der Waals surface area (Å²) in [6.45, 7) is 0.962. The van der Waals surface area contributed by atoms with Crippen LogP contribution in [-0.2, 0) is 4.79 Å². The third kappa shape index (κ3) is 3.56. The van der Waals surface area contributed by atoms with E-state index in [1.54, 1.807) is 29.4 Å². The maximum absolute atomic E-state index is 12.6. The van der Waals surface area contributed by atoms with Crippen LogP contribution in [0.3, 0.4) is 0 Å². The Kier molecular flexibility index (Phi) is 5.10. The van der Waals surface area contributed by atoms with Gasteiger partial charge < -0.3 is 20.3 Å². The Morgan fingerprint density at radius 3 is 2.71 bits per heavy atom. The molecule has 0 bridgehead atoms. The summed E-state index contributed by atoms with van der Waals surface area (Å²) in [5, 5.41) is 12.2. The second-order valence-corrected chi connectivity index (χ2v) is 6.08. The molecule has 0 saturated carbocycles. The Balaban J connectivity index is 1.69. The lowest BCUT2D eigenvalue weighted by molar-refractivity contribution is -0.134. The van der Waals surface area contributed by atoms with E-state index in [0.29, 0.717) is 18.7 Å². The molecule has 1 aliphatic heterocycles.